The third-order valence-electron chi connectivity index (χ3n) is 5.70. The van der Waals surface area contributed by atoms with E-state index in [-0.39, 0.29) is 11.7 Å². The summed E-state index contributed by atoms with van der Waals surface area (Å²) >= 11 is 0. The number of methoxy groups -OCH3 is 1. The Hall–Kier alpha value is -3.45. The molecule has 32 heavy (non-hydrogen) atoms. The Morgan fingerprint density at radius 2 is 1.75 bits per heavy atom. The van der Waals surface area contributed by atoms with Gasteiger partial charge in [0.15, 0.2) is 0 Å². The number of halogens is 1. The minimum atomic E-state index is -0.350. The average Bonchev–Trinajstić information content (AvgIpc) is 2.84. The third kappa shape index (κ3) is 4.89. The first kappa shape index (κ1) is 21.8. The number of benzene rings is 2. The number of carbonyl (C=O) groups is 1. The first-order chi connectivity index (χ1) is 15.5. The summed E-state index contributed by atoms with van der Waals surface area (Å²) in [6.07, 6.45) is 1.81. The summed E-state index contributed by atoms with van der Waals surface area (Å²) in [5.41, 5.74) is 1.93. The number of nitrogens with zero attached hydrogens (tertiary/aromatic N) is 4. The largest absolute Gasteiger partial charge is 0.496 e. The molecule has 1 aliphatic heterocycles. The number of anilines is 2. The lowest BCUT2D eigenvalue weighted by Gasteiger charge is -2.33. The van der Waals surface area contributed by atoms with Crippen LogP contribution in [0.3, 0.4) is 0 Å². The molecule has 1 fully saturated rings. The molecule has 0 aliphatic carbocycles. The first-order valence-electron chi connectivity index (χ1n) is 10.6. The number of aromatic nitrogens is 1. The van der Waals surface area contributed by atoms with Crippen LogP contribution in [0.25, 0.3) is 0 Å². The Kier molecular flexibility index (Phi) is 6.66. The minimum absolute atomic E-state index is 0.225. The van der Waals surface area contributed by atoms with Crippen LogP contribution < -0.4 is 14.5 Å². The lowest BCUT2D eigenvalue weighted by Crippen LogP contribution is -2.44. The molecule has 1 saturated heterocycles. The summed E-state index contributed by atoms with van der Waals surface area (Å²) in [6, 6.07) is 17.0. The molecule has 3 aromatic rings. The second-order valence-electron chi connectivity index (χ2n) is 7.88. The van der Waals surface area contributed by atoms with Crippen LogP contribution in [-0.4, -0.2) is 56.1 Å². The zero-order valence-corrected chi connectivity index (χ0v) is 18.4. The minimum Gasteiger partial charge on any atom is -0.496 e. The van der Waals surface area contributed by atoms with E-state index in [9.17, 15) is 9.18 Å². The smallest absolute Gasteiger partial charge is 0.262 e. The number of amides is 1. The van der Waals surface area contributed by atoms with Crippen molar-refractivity contribution in [2.45, 2.75) is 6.54 Å². The van der Waals surface area contributed by atoms with E-state index >= 15 is 0 Å². The normalized spacial score (nSPS) is 14.3. The molecule has 4 rings (SSSR count). The molecule has 1 aliphatic rings. The second kappa shape index (κ2) is 9.78. The molecule has 0 atom stereocenters. The van der Waals surface area contributed by atoms with Crippen molar-refractivity contribution in [3.8, 4) is 5.75 Å². The van der Waals surface area contributed by atoms with Crippen molar-refractivity contribution >= 4 is 17.4 Å². The molecule has 7 heteroatoms. The molecule has 1 amide bonds. The fraction of sp³-hybridized carbons (Fsp3) is 0.280. The second-order valence-corrected chi connectivity index (χ2v) is 7.88. The summed E-state index contributed by atoms with van der Waals surface area (Å²) < 4.78 is 18.9. The van der Waals surface area contributed by atoms with Crippen molar-refractivity contribution in [1.82, 2.24) is 9.88 Å². The number of para-hydroxylation sites is 1. The van der Waals surface area contributed by atoms with E-state index in [4.69, 9.17) is 4.74 Å². The number of pyridine rings is 1. The maximum Gasteiger partial charge on any atom is 0.262 e. The van der Waals surface area contributed by atoms with E-state index in [0.29, 0.717) is 23.5 Å². The molecule has 0 saturated carbocycles. The maximum absolute atomic E-state index is 13.5. The summed E-state index contributed by atoms with van der Waals surface area (Å²) in [5.74, 6) is 0.855. The van der Waals surface area contributed by atoms with Gasteiger partial charge in [-0.2, -0.15) is 0 Å². The molecule has 1 aromatic heterocycles. The van der Waals surface area contributed by atoms with Crippen LogP contribution in [0.1, 0.15) is 15.9 Å². The quantitative estimate of drug-likeness (QED) is 0.590. The molecule has 6 nitrogen and oxygen atoms in total. The van der Waals surface area contributed by atoms with E-state index < -0.39 is 0 Å². The van der Waals surface area contributed by atoms with E-state index in [0.717, 1.165) is 37.6 Å². The molecule has 0 N–H and O–H groups in total. The molecule has 2 heterocycles. The van der Waals surface area contributed by atoms with Crippen molar-refractivity contribution in [1.29, 1.82) is 0 Å². The lowest BCUT2D eigenvalue weighted by atomic mass is 10.1. The third-order valence-corrected chi connectivity index (χ3v) is 5.70. The summed E-state index contributed by atoms with van der Waals surface area (Å²) in [5, 5.41) is 0. The van der Waals surface area contributed by atoms with Crippen LogP contribution in [0.4, 0.5) is 15.9 Å². The fourth-order valence-corrected chi connectivity index (χ4v) is 3.78. The highest BCUT2D eigenvalue weighted by Gasteiger charge is 2.22. The van der Waals surface area contributed by atoms with Crippen LogP contribution in [0.15, 0.2) is 66.9 Å². The topological polar surface area (TPSA) is 48.9 Å². The number of carbonyl (C=O) groups excluding carboxylic acids is 1. The van der Waals surface area contributed by atoms with Crippen molar-refractivity contribution in [3.63, 3.8) is 0 Å². The van der Waals surface area contributed by atoms with E-state index in [2.05, 4.69) is 21.8 Å². The van der Waals surface area contributed by atoms with Crippen molar-refractivity contribution in [3.05, 3.63) is 83.8 Å². The van der Waals surface area contributed by atoms with Crippen LogP contribution in [0.5, 0.6) is 5.75 Å². The Morgan fingerprint density at radius 3 is 2.41 bits per heavy atom. The highest BCUT2D eigenvalue weighted by molar-refractivity contribution is 6.07. The van der Waals surface area contributed by atoms with Gasteiger partial charge in [-0.3, -0.25) is 4.79 Å². The van der Waals surface area contributed by atoms with E-state index in [1.54, 1.807) is 41.4 Å². The van der Waals surface area contributed by atoms with Crippen LogP contribution in [0.2, 0.25) is 0 Å². The number of likely N-dealkylation sites (N-methyl/N-ethyl adjacent to an activating group) is 1. The number of piperazine rings is 1. The molecular weight excluding hydrogens is 407 g/mol. The van der Waals surface area contributed by atoms with Gasteiger partial charge in [-0.15, -0.1) is 0 Å². The highest BCUT2D eigenvalue weighted by atomic mass is 19.1. The average molecular weight is 435 g/mol. The van der Waals surface area contributed by atoms with Gasteiger partial charge in [-0.25, -0.2) is 9.37 Å². The zero-order chi connectivity index (χ0) is 22.5. The molecule has 2 aromatic carbocycles. The molecular formula is C25H27FN4O2. The van der Waals surface area contributed by atoms with Gasteiger partial charge < -0.3 is 19.4 Å². The van der Waals surface area contributed by atoms with E-state index in [1.165, 1.54) is 19.2 Å². The Bertz CT molecular complexity index is 1050. The Morgan fingerprint density at radius 1 is 1.03 bits per heavy atom. The first-order valence-corrected chi connectivity index (χ1v) is 10.6. The maximum atomic E-state index is 13.5. The Balaban J connectivity index is 1.59. The Labute approximate surface area is 187 Å². The molecule has 0 bridgehead atoms. The van der Waals surface area contributed by atoms with Crippen LogP contribution >= 0.6 is 0 Å². The van der Waals surface area contributed by atoms with Crippen molar-refractivity contribution in [2.75, 3.05) is 50.1 Å². The summed E-state index contributed by atoms with van der Waals surface area (Å²) in [7, 11) is 3.66. The predicted molar refractivity (Wildman–Crippen MR) is 124 cm³/mol. The zero-order valence-electron chi connectivity index (χ0n) is 18.4. The molecule has 0 spiro atoms. The van der Waals surface area contributed by atoms with Gasteiger partial charge >= 0.3 is 0 Å². The van der Waals surface area contributed by atoms with Gasteiger partial charge in [0.25, 0.3) is 5.91 Å². The van der Waals surface area contributed by atoms with Crippen LogP contribution in [0, 0.1) is 5.82 Å². The number of hydrogen-bond acceptors (Lipinski definition) is 5. The van der Waals surface area contributed by atoms with Gasteiger partial charge in [-0.05, 0) is 55.1 Å². The molecule has 0 radical (unpaired) electrons. The fourth-order valence-electron chi connectivity index (χ4n) is 3.78. The predicted octanol–water partition coefficient (Wildman–Crippen LogP) is 3.83. The van der Waals surface area contributed by atoms with Crippen LogP contribution in [-0.2, 0) is 6.54 Å². The number of ether oxygens (including phenoxy) is 1. The molecule has 0 unspecified atom stereocenters. The van der Waals surface area contributed by atoms with Gasteiger partial charge in [-0.1, -0.05) is 18.2 Å². The van der Waals surface area contributed by atoms with E-state index in [1.807, 2.05) is 18.2 Å². The number of rotatable bonds is 6. The van der Waals surface area contributed by atoms with Gasteiger partial charge in [0.05, 0.1) is 19.2 Å². The van der Waals surface area contributed by atoms with Crippen molar-refractivity contribution in [2.24, 2.45) is 0 Å². The molecule has 166 valence electrons. The van der Waals surface area contributed by atoms with Gasteiger partial charge in [0.2, 0.25) is 0 Å². The standard InChI is InChI=1S/C25H27FN4O2/c1-28-13-15-29(16-14-28)24-12-7-19(17-27-24)18-30(21-10-8-20(26)9-11-21)25(31)22-5-3-4-6-23(22)32-2/h3-12,17H,13-16,18H2,1-2H3. The number of hydrogen-bond donors (Lipinski definition) is 0. The SMILES string of the molecule is COc1ccccc1C(=O)N(Cc1ccc(N2CCN(C)CC2)nc1)c1ccc(F)cc1. The summed E-state index contributed by atoms with van der Waals surface area (Å²) in [4.78, 5) is 24.3. The van der Waals surface area contributed by atoms with Crippen molar-refractivity contribution < 1.29 is 13.9 Å². The lowest BCUT2D eigenvalue weighted by molar-refractivity contribution is 0.0982. The summed E-state index contributed by atoms with van der Waals surface area (Å²) in [6.45, 7) is 4.20. The highest BCUT2D eigenvalue weighted by Crippen LogP contribution is 2.25. The monoisotopic (exact) mass is 434 g/mol. The van der Waals surface area contributed by atoms with Gasteiger partial charge in [0, 0.05) is 38.1 Å². The van der Waals surface area contributed by atoms with Gasteiger partial charge in [0.1, 0.15) is 17.4 Å².